The van der Waals surface area contributed by atoms with E-state index in [1.165, 1.54) is 37.1 Å². The van der Waals surface area contributed by atoms with Crippen LogP contribution >= 0.6 is 23.4 Å². The van der Waals surface area contributed by atoms with Crippen molar-refractivity contribution in [2.75, 3.05) is 18.2 Å². The number of benzene rings is 3. The standard InChI is InChI=1S/C25H19ClN6O4S/c1-36-22-11-10-17(32(34)35)12-21(22)28-23(33)14-37-25-30-29-24(31(25)16-8-6-15(26)7-9-16)19-13-27-20-5-3-2-4-18(19)20/h2-13,27H,14H2,1H3,(H,28,33). The van der Waals surface area contributed by atoms with Gasteiger partial charge in [-0.15, -0.1) is 10.2 Å². The number of methoxy groups -OCH3 is 1. The van der Waals surface area contributed by atoms with Crippen molar-refractivity contribution in [2.24, 2.45) is 0 Å². The van der Waals surface area contributed by atoms with Gasteiger partial charge in [0.2, 0.25) is 5.91 Å². The van der Waals surface area contributed by atoms with E-state index >= 15 is 0 Å². The summed E-state index contributed by atoms with van der Waals surface area (Å²) < 4.78 is 7.08. The molecule has 0 aliphatic rings. The van der Waals surface area contributed by atoms with Gasteiger partial charge in [0.05, 0.1) is 23.5 Å². The van der Waals surface area contributed by atoms with Crippen LogP contribution in [0, 0.1) is 10.1 Å². The highest BCUT2D eigenvalue weighted by Gasteiger charge is 2.20. The van der Waals surface area contributed by atoms with Crippen molar-refractivity contribution in [1.29, 1.82) is 0 Å². The number of amides is 1. The molecule has 3 aromatic carbocycles. The predicted octanol–water partition coefficient (Wildman–Crippen LogP) is 5.72. The maximum Gasteiger partial charge on any atom is 0.271 e. The summed E-state index contributed by atoms with van der Waals surface area (Å²) in [5.41, 5.74) is 2.65. The van der Waals surface area contributed by atoms with Crippen LogP contribution in [0.25, 0.3) is 28.0 Å². The second-order valence-electron chi connectivity index (χ2n) is 7.84. The average Bonchev–Trinajstić information content (AvgIpc) is 3.52. The van der Waals surface area contributed by atoms with E-state index in [9.17, 15) is 14.9 Å². The van der Waals surface area contributed by atoms with Gasteiger partial charge in [-0.05, 0) is 36.4 Å². The molecule has 2 aromatic heterocycles. The van der Waals surface area contributed by atoms with Gasteiger partial charge in [0, 0.05) is 45.5 Å². The van der Waals surface area contributed by atoms with Gasteiger partial charge in [-0.2, -0.15) is 0 Å². The van der Waals surface area contributed by atoms with Gasteiger partial charge in [0.25, 0.3) is 5.69 Å². The first-order valence-electron chi connectivity index (χ1n) is 11.0. The van der Waals surface area contributed by atoms with Crippen molar-refractivity contribution in [3.63, 3.8) is 0 Å². The Morgan fingerprint density at radius 3 is 2.70 bits per heavy atom. The van der Waals surface area contributed by atoms with Crippen molar-refractivity contribution in [2.45, 2.75) is 5.16 Å². The molecule has 0 radical (unpaired) electrons. The molecule has 0 atom stereocenters. The first-order valence-corrected chi connectivity index (χ1v) is 12.3. The number of nitrogens with zero attached hydrogens (tertiary/aromatic N) is 4. The number of ether oxygens (including phenoxy) is 1. The first-order chi connectivity index (χ1) is 17.9. The molecule has 5 rings (SSSR count). The maximum atomic E-state index is 12.8. The summed E-state index contributed by atoms with van der Waals surface area (Å²) in [4.78, 5) is 26.7. The molecule has 186 valence electrons. The van der Waals surface area contributed by atoms with Crippen LogP contribution < -0.4 is 10.1 Å². The number of thioether (sulfide) groups is 1. The fourth-order valence-corrected chi connectivity index (χ4v) is 4.72. The number of nitro benzene ring substituents is 1. The fourth-order valence-electron chi connectivity index (χ4n) is 3.84. The van der Waals surface area contributed by atoms with Crippen molar-refractivity contribution in [1.82, 2.24) is 19.7 Å². The number of carbonyl (C=O) groups is 1. The highest BCUT2D eigenvalue weighted by Crippen LogP contribution is 2.33. The summed E-state index contributed by atoms with van der Waals surface area (Å²) in [5.74, 6) is 0.506. The molecule has 37 heavy (non-hydrogen) atoms. The van der Waals surface area contributed by atoms with E-state index < -0.39 is 4.92 Å². The zero-order valence-corrected chi connectivity index (χ0v) is 20.9. The predicted molar refractivity (Wildman–Crippen MR) is 143 cm³/mol. The molecule has 5 aromatic rings. The Hall–Kier alpha value is -4.35. The highest BCUT2D eigenvalue weighted by molar-refractivity contribution is 7.99. The van der Waals surface area contributed by atoms with Gasteiger partial charge < -0.3 is 15.0 Å². The molecule has 2 heterocycles. The lowest BCUT2D eigenvalue weighted by atomic mass is 10.1. The molecule has 0 bridgehead atoms. The van der Waals surface area contributed by atoms with Gasteiger partial charge in [-0.1, -0.05) is 41.6 Å². The number of carbonyl (C=O) groups excluding carboxylic acids is 1. The number of hydrogen-bond acceptors (Lipinski definition) is 7. The Morgan fingerprint density at radius 1 is 1.16 bits per heavy atom. The number of H-pyrrole nitrogens is 1. The molecule has 1 amide bonds. The van der Waals surface area contributed by atoms with E-state index in [-0.39, 0.29) is 23.0 Å². The van der Waals surface area contributed by atoms with E-state index in [0.29, 0.717) is 21.8 Å². The number of hydrogen-bond donors (Lipinski definition) is 2. The van der Waals surface area contributed by atoms with Crippen molar-refractivity contribution < 1.29 is 14.5 Å². The summed E-state index contributed by atoms with van der Waals surface area (Å²) in [7, 11) is 1.42. The average molecular weight is 535 g/mol. The number of rotatable bonds is 8. The van der Waals surface area contributed by atoms with Crippen LogP contribution in [0.1, 0.15) is 0 Å². The minimum Gasteiger partial charge on any atom is -0.495 e. The lowest BCUT2D eigenvalue weighted by Crippen LogP contribution is -2.15. The Labute approximate surface area is 219 Å². The number of aromatic nitrogens is 4. The topological polar surface area (TPSA) is 128 Å². The quantitative estimate of drug-likeness (QED) is 0.148. The Balaban J connectivity index is 1.45. The third kappa shape index (κ3) is 4.99. The number of nitrogens with one attached hydrogen (secondary N) is 2. The monoisotopic (exact) mass is 534 g/mol. The molecular formula is C25H19ClN6O4S. The smallest absolute Gasteiger partial charge is 0.271 e. The van der Waals surface area contributed by atoms with Crippen LogP contribution in [-0.2, 0) is 4.79 Å². The summed E-state index contributed by atoms with van der Waals surface area (Å²) in [5, 5.41) is 24.7. The zero-order chi connectivity index (χ0) is 25.9. The number of para-hydroxylation sites is 1. The lowest BCUT2D eigenvalue weighted by Gasteiger charge is -2.11. The molecule has 0 spiro atoms. The number of non-ortho nitro benzene ring substituents is 1. The molecule has 0 saturated heterocycles. The molecule has 0 saturated carbocycles. The number of fused-ring (bicyclic) bond motifs is 1. The van der Waals surface area contributed by atoms with E-state index in [0.717, 1.165) is 22.2 Å². The molecule has 2 N–H and O–H groups in total. The van der Waals surface area contributed by atoms with Crippen molar-refractivity contribution in [3.8, 4) is 22.8 Å². The Morgan fingerprint density at radius 2 is 1.95 bits per heavy atom. The van der Waals surface area contributed by atoms with E-state index in [1.54, 1.807) is 12.1 Å². The second kappa shape index (κ2) is 10.3. The number of nitro groups is 1. The Bertz CT molecular complexity index is 1620. The van der Waals surface area contributed by atoms with Crippen LogP contribution in [0.15, 0.2) is 78.1 Å². The van der Waals surface area contributed by atoms with E-state index in [2.05, 4.69) is 20.5 Å². The minimum atomic E-state index is -0.537. The first kappa shape index (κ1) is 24.3. The number of aromatic amines is 1. The third-order valence-corrected chi connectivity index (χ3v) is 6.73. The molecule has 12 heteroatoms. The van der Waals surface area contributed by atoms with Crippen LogP contribution in [-0.4, -0.2) is 43.4 Å². The van der Waals surface area contributed by atoms with Crippen molar-refractivity contribution in [3.05, 3.63) is 88.1 Å². The molecule has 0 unspecified atom stereocenters. The molecule has 10 nitrogen and oxygen atoms in total. The van der Waals surface area contributed by atoms with Gasteiger partial charge in [-0.25, -0.2) is 0 Å². The zero-order valence-electron chi connectivity index (χ0n) is 19.3. The van der Waals surface area contributed by atoms with Crippen LogP contribution in [0.4, 0.5) is 11.4 Å². The SMILES string of the molecule is COc1ccc([N+](=O)[O-])cc1NC(=O)CSc1nnc(-c2c[nH]c3ccccc23)n1-c1ccc(Cl)cc1. The maximum absolute atomic E-state index is 12.8. The lowest BCUT2D eigenvalue weighted by molar-refractivity contribution is -0.384. The van der Waals surface area contributed by atoms with Crippen LogP contribution in [0.5, 0.6) is 5.75 Å². The molecule has 0 aliphatic heterocycles. The normalized spacial score (nSPS) is 11.0. The van der Waals surface area contributed by atoms with Gasteiger partial charge in [0.1, 0.15) is 5.75 Å². The third-order valence-electron chi connectivity index (χ3n) is 5.55. The minimum absolute atomic E-state index is 0.0224. The number of halogens is 1. The van der Waals surface area contributed by atoms with Gasteiger partial charge in [-0.3, -0.25) is 19.5 Å². The summed E-state index contributed by atoms with van der Waals surface area (Å²) in [6, 6.07) is 19.1. The second-order valence-corrected chi connectivity index (χ2v) is 9.22. The molecule has 0 fully saturated rings. The van der Waals surface area contributed by atoms with Crippen LogP contribution in [0.2, 0.25) is 5.02 Å². The molecule has 0 aliphatic carbocycles. The fraction of sp³-hybridized carbons (Fsp3) is 0.0800. The summed E-state index contributed by atoms with van der Waals surface area (Å²) in [6.07, 6.45) is 1.87. The molecular weight excluding hydrogens is 516 g/mol. The summed E-state index contributed by atoms with van der Waals surface area (Å²) in [6.45, 7) is 0. The van der Waals surface area contributed by atoms with E-state index in [4.69, 9.17) is 16.3 Å². The highest BCUT2D eigenvalue weighted by atomic mass is 35.5. The van der Waals surface area contributed by atoms with Crippen molar-refractivity contribution >= 4 is 51.5 Å². The number of anilines is 1. The van der Waals surface area contributed by atoms with Gasteiger partial charge in [0.15, 0.2) is 11.0 Å². The summed E-state index contributed by atoms with van der Waals surface area (Å²) >= 11 is 7.29. The van der Waals surface area contributed by atoms with Gasteiger partial charge >= 0.3 is 0 Å². The largest absolute Gasteiger partial charge is 0.495 e. The van der Waals surface area contributed by atoms with Crippen LogP contribution in [0.3, 0.4) is 0 Å². The van der Waals surface area contributed by atoms with E-state index in [1.807, 2.05) is 47.2 Å². The Kier molecular flexibility index (Phi) is 6.80.